The Bertz CT molecular complexity index is 707. The molecule has 10 heteroatoms. The molecule has 0 aromatic heterocycles. The van der Waals surface area contributed by atoms with Gasteiger partial charge in [-0.05, 0) is 38.0 Å². The van der Waals surface area contributed by atoms with E-state index >= 15 is 0 Å². The maximum Gasteiger partial charge on any atom is 0.573 e. The molecule has 1 aromatic carbocycles. The van der Waals surface area contributed by atoms with E-state index in [1.54, 1.807) is 0 Å². The summed E-state index contributed by atoms with van der Waals surface area (Å²) in [5, 5.41) is 11.5. The summed E-state index contributed by atoms with van der Waals surface area (Å²) in [6.07, 6.45) is -4.02. The molecule has 1 aliphatic heterocycles. The van der Waals surface area contributed by atoms with Gasteiger partial charge >= 0.3 is 12.3 Å². The topological polar surface area (TPSA) is 95.9 Å². The van der Waals surface area contributed by atoms with Gasteiger partial charge in [0, 0.05) is 12.1 Å². The van der Waals surface area contributed by atoms with E-state index in [-0.39, 0.29) is 12.1 Å². The molecular weight excluding hydrogens is 357 g/mol. The van der Waals surface area contributed by atoms with Crippen LogP contribution >= 0.6 is 0 Å². The van der Waals surface area contributed by atoms with E-state index in [1.165, 1.54) is 24.0 Å². The second kappa shape index (κ2) is 7.63. The molecule has 0 unspecified atom stereocenters. The average molecular weight is 374 g/mol. The van der Waals surface area contributed by atoms with Crippen LogP contribution in [0.25, 0.3) is 0 Å². The van der Waals surface area contributed by atoms with E-state index in [4.69, 9.17) is 5.11 Å². The van der Waals surface area contributed by atoms with E-state index in [0.29, 0.717) is 12.8 Å². The van der Waals surface area contributed by atoms with Crippen molar-refractivity contribution in [2.45, 2.75) is 38.2 Å². The first kappa shape index (κ1) is 19.5. The van der Waals surface area contributed by atoms with Gasteiger partial charge in [-0.2, -0.15) is 0 Å². The van der Waals surface area contributed by atoms with Crippen molar-refractivity contribution in [3.8, 4) is 5.75 Å². The molecule has 1 aromatic rings. The van der Waals surface area contributed by atoms with Crippen molar-refractivity contribution in [1.82, 2.24) is 10.2 Å². The Balaban J connectivity index is 2.04. The molecule has 2 atom stereocenters. The lowest BCUT2D eigenvalue weighted by atomic mass is 10.1. The van der Waals surface area contributed by atoms with Crippen LogP contribution in [0.5, 0.6) is 5.75 Å². The molecular formula is C16H17F3N2O5. The third-order valence-electron chi connectivity index (χ3n) is 3.87. The highest BCUT2D eigenvalue weighted by Gasteiger charge is 2.36. The number of hydrogen-bond donors (Lipinski definition) is 2. The van der Waals surface area contributed by atoms with Gasteiger partial charge in [0.25, 0.3) is 5.91 Å². The highest BCUT2D eigenvalue weighted by atomic mass is 19.4. The molecule has 0 radical (unpaired) electrons. The number of amides is 2. The van der Waals surface area contributed by atoms with Crippen molar-refractivity contribution in [3.05, 3.63) is 29.8 Å². The van der Waals surface area contributed by atoms with Gasteiger partial charge in [0.1, 0.15) is 17.8 Å². The van der Waals surface area contributed by atoms with Crippen LogP contribution < -0.4 is 10.1 Å². The number of likely N-dealkylation sites (tertiary alicyclic amines) is 1. The number of carboxylic acid groups (broad SMARTS) is 1. The van der Waals surface area contributed by atoms with E-state index in [9.17, 15) is 27.6 Å². The molecule has 1 fully saturated rings. The maximum absolute atomic E-state index is 12.4. The van der Waals surface area contributed by atoms with Gasteiger partial charge in [-0.3, -0.25) is 9.59 Å². The zero-order chi connectivity index (χ0) is 19.5. The number of benzene rings is 1. The summed E-state index contributed by atoms with van der Waals surface area (Å²) in [5.41, 5.74) is -0.123. The smallest absolute Gasteiger partial charge is 0.480 e. The first-order valence-electron chi connectivity index (χ1n) is 7.78. The second-order valence-electron chi connectivity index (χ2n) is 5.80. The van der Waals surface area contributed by atoms with Gasteiger partial charge in [0.15, 0.2) is 0 Å². The molecule has 2 N–H and O–H groups in total. The van der Waals surface area contributed by atoms with Gasteiger partial charge in [-0.15, -0.1) is 13.2 Å². The highest BCUT2D eigenvalue weighted by Crippen LogP contribution is 2.23. The number of carboxylic acids is 1. The summed E-state index contributed by atoms with van der Waals surface area (Å²) in [7, 11) is 0. The number of rotatable bonds is 5. The molecule has 1 aliphatic rings. The van der Waals surface area contributed by atoms with Gasteiger partial charge in [-0.25, -0.2) is 4.79 Å². The number of hydrogen-bond acceptors (Lipinski definition) is 4. The Morgan fingerprint density at radius 2 is 2.04 bits per heavy atom. The van der Waals surface area contributed by atoms with Crippen LogP contribution in [0.1, 0.15) is 30.1 Å². The molecule has 0 spiro atoms. The average Bonchev–Trinajstić information content (AvgIpc) is 3.02. The Labute approximate surface area is 146 Å². The minimum atomic E-state index is -4.89. The molecule has 0 saturated carbocycles. The summed E-state index contributed by atoms with van der Waals surface area (Å²) in [6.45, 7) is 1.65. The van der Waals surface area contributed by atoms with Crippen LogP contribution in [-0.4, -0.2) is 52.8 Å². The third-order valence-corrected chi connectivity index (χ3v) is 3.87. The van der Waals surface area contributed by atoms with Crippen LogP contribution in [0.4, 0.5) is 13.2 Å². The number of nitrogens with one attached hydrogen (secondary N) is 1. The summed E-state index contributed by atoms with van der Waals surface area (Å²) < 4.78 is 40.5. The van der Waals surface area contributed by atoms with Crippen molar-refractivity contribution >= 4 is 17.8 Å². The first-order chi connectivity index (χ1) is 12.1. The fourth-order valence-electron chi connectivity index (χ4n) is 2.71. The molecule has 0 bridgehead atoms. The summed E-state index contributed by atoms with van der Waals surface area (Å²) in [5.74, 6) is -3.02. The van der Waals surface area contributed by atoms with E-state index < -0.39 is 42.0 Å². The quantitative estimate of drug-likeness (QED) is 0.819. The second-order valence-corrected chi connectivity index (χ2v) is 5.80. The SMILES string of the molecule is C[C@H](NC(=O)c1cccc(OC(F)(F)F)c1)C(=O)N1CCC[C@H]1C(=O)O. The molecule has 7 nitrogen and oxygen atoms in total. The monoisotopic (exact) mass is 374 g/mol. The molecule has 1 saturated heterocycles. The predicted octanol–water partition coefficient (Wildman–Crippen LogP) is 1.78. The van der Waals surface area contributed by atoms with Gasteiger partial charge < -0.3 is 20.1 Å². The number of alkyl halides is 3. The lowest BCUT2D eigenvalue weighted by Gasteiger charge is -2.25. The maximum atomic E-state index is 12.4. The van der Waals surface area contributed by atoms with Crippen LogP contribution in [0.3, 0.4) is 0 Å². The summed E-state index contributed by atoms with van der Waals surface area (Å²) >= 11 is 0. The first-order valence-corrected chi connectivity index (χ1v) is 7.78. The minimum Gasteiger partial charge on any atom is -0.480 e. The molecule has 0 aliphatic carbocycles. The fraction of sp³-hybridized carbons (Fsp3) is 0.438. The lowest BCUT2D eigenvalue weighted by Crippen LogP contribution is -2.50. The van der Waals surface area contributed by atoms with E-state index in [1.807, 2.05) is 0 Å². The van der Waals surface area contributed by atoms with Crippen LogP contribution in [0.15, 0.2) is 24.3 Å². The summed E-state index contributed by atoms with van der Waals surface area (Å²) in [4.78, 5) is 36.9. The number of carbonyl (C=O) groups excluding carboxylic acids is 2. The Kier molecular flexibility index (Phi) is 5.73. The Morgan fingerprint density at radius 1 is 1.35 bits per heavy atom. The number of ether oxygens (including phenoxy) is 1. The Morgan fingerprint density at radius 3 is 2.65 bits per heavy atom. The number of halogens is 3. The van der Waals surface area contributed by atoms with Crippen molar-refractivity contribution in [2.24, 2.45) is 0 Å². The fourth-order valence-corrected chi connectivity index (χ4v) is 2.71. The van der Waals surface area contributed by atoms with Crippen molar-refractivity contribution in [3.63, 3.8) is 0 Å². The van der Waals surface area contributed by atoms with Crippen molar-refractivity contribution in [2.75, 3.05) is 6.54 Å². The largest absolute Gasteiger partial charge is 0.573 e. The molecule has 142 valence electrons. The number of nitrogens with zero attached hydrogens (tertiary/aromatic N) is 1. The number of aliphatic carboxylic acids is 1. The van der Waals surface area contributed by atoms with E-state index in [2.05, 4.69) is 10.1 Å². The van der Waals surface area contributed by atoms with Crippen LogP contribution in [-0.2, 0) is 9.59 Å². The Hall–Kier alpha value is -2.78. The minimum absolute atomic E-state index is 0.123. The molecule has 2 amide bonds. The third kappa shape index (κ3) is 4.87. The van der Waals surface area contributed by atoms with Gasteiger partial charge in [-0.1, -0.05) is 6.07 Å². The van der Waals surface area contributed by atoms with Crippen LogP contribution in [0.2, 0.25) is 0 Å². The molecule has 2 rings (SSSR count). The van der Waals surface area contributed by atoms with Crippen molar-refractivity contribution in [1.29, 1.82) is 0 Å². The summed E-state index contributed by atoms with van der Waals surface area (Å²) in [6, 6.07) is 2.45. The standard InChI is InChI=1S/C16H17F3N2O5/c1-9(14(23)21-7-3-6-12(21)15(24)25)20-13(22)10-4-2-5-11(8-10)26-16(17,18)19/h2,4-5,8-9,12H,3,6-7H2,1H3,(H,20,22)(H,24,25)/t9-,12-/m0/s1. The normalized spacial score (nSPS) is 18.3. The van der Waals surface area contributed by atoms with Crippen LogP contribution in [0, 0.1) is 0 Å². The predicted molar refractivity (Wildman–Crippen MR) is 82.4 cm³/mol. The van der Waals surface area contributed by atoms with E-state index in [0.717, 1.165) is 12.1 Å². The number of carbonyl (C=O) groups is 3. The van der Waals surface area contributed by atoms with Gasteiger partial charge in [0.2, 0.25) is 5.91 Å². The zero-order valence-electron chi connectivity index (χ0n) is 13.7. The lowest BCUT2D eigenvalue weighted by molar-refractivity contribution is -0.274. The highest BCUT2D eigenvalue weighted by molar-refractivity contribution is 5.98. The zero-order valence-corrected chi connectivity index (χ0v) is 13.7. The molecule has 1 heterocycles. The van der Waals surface area contributed by atoms with Gasteiger partial charge in [0.05, 0.1) is 0 Å². The molecule has 26 heavy (non-hydrogen) atoms. The van der Waals surface area contributed by atoms with Crippen molar-refractivity contribution < 1.29 is 37.4 Å².